The van der Waals surface area contributed by atoms with Crippen LogP contribution in [0, 0.1) is 0 Å². The zero-order valence-corrected chi connectivity index (χ0v) is 18.6. The normalized spacial score (nSPS) is 12.9. The van der Waals surface area contributed by atoms with E-state index in [0.717, 1.165) is 23.3 Å². The molecule has 2 aromatic heterocycles. The maximum atomic E-state index is 13.1. The van der Waals surface area contributed by atoms with Gasteiger partial charge in [-0.15, -0.1) is 10.2 Å². The van der Waals surface area contributed by atoms with Gasteiger partial charge in [-0.25, -0.2) is 0 Å². The van der Waals surface area contributed by atoms with Crippen molar-refractivity contribution in [2.24, 2.45) is 7.05 Å². The molecule has 0 saturated heterocycles. The summed E-state index contributed by atoms with van der Waals surface area (Å²) >= 11 is 0. The van der Waals surface area contributed by atoms with Crippen molar-refractivity contribution in [1.82, 2.24) is 19.2 Å². The lowest BCUT2D eigenvalue weighted by Crippen LogP contribution is -2.28. The highest BCUT2D eigenvalue weighted by atomic mass is 16.2. The first-order valence-corrected chi connectivity index (χ1v) is 11.2. The predicted molar refractivity (Wildman–Crippen MR) is 131 cm³/mol. The zero-order valence-electron chi connectivity index (χ0n) is 18.6. The third-order valence-electron chi connectivity index (χ3n) is 6.41. The van der Waals surface area contributed by atoms with Crippen molar-refractivity contribution >= 4 is 34.0 Å². The highest BCUT2D eigenvalue weighted by Gasteiger charge is 2.25. The fourth-order valence-corrected chi connectivity index (χ4v) is 4.62. The second-order valence-corrected chi connectivity index (χ2v) is 8.40. The topological polar surface area (TPSA) is 84.5 Å². The van der Waals surface area contributed by atoms with Crippen LogP contribution in [0.1, 0.15) is 21.7 Å². The van der Waals surface area contributed by atoms with Crippen LogP contribution in [0.15, 0.2) is 77.6 Å². The van der Waals surface area contributed by atoms with Gasteiger partial charge in [-0.3, -0.25) is 18.6 Å². The Morgan fingerprint density at radius 3 is 2.59 bits per heavy atom. The van der Waals surface area contributed by atoms with Gasteiger partial charge in [0.1, 0.15) is 0 Å². The van der Waals surface area contributed by atoms with Crippen LogP contribution in [0.3, 0.4) is 0 Å². The van der Waals surface area contributed by atoms with Crippen LogP contribution in [-0.4, -0.2) is 31.6 Å². The fraction of sp³-hybridized carbons (Fsp3) is 0.154. The number of nitrogens with zero attached hydrogens (tertiary/aromatic N) is 5. The zero-order chi connectivity index (χ0) is 23.2. The Morgan fingerprint density at radius 2 is 1.74 bits per heavy atom. The molecule has 0 unspecified atom stereocenters. The number of carbonyl (C=O) groups excluding carboxylic acids is 1. The number of fused-ring (bicyclic) bond motifs is 4. The van der Waals surface area contributed by atoms with Crippen molar-refractivity contribution in [3.63, 3.8) is 0 Å². The number of para-hydroxylation sites is 2. The molecule has 5 aromatic rings. The molecule has 3 heterocycles. The average Bonchev–Trinajstić information content (AvgIpc) is 3.51. The van der Waals surface area contributed by atoms with E-state index in [1.165, 1.54) is 10.1 Å². The van der Waals surface area contributed by atoms with E-state index in [0.29, 0.717) is 35.6 Å². The molecule has 1 aliphatic rings. The number of benzene rings is 3. The molecule has 8 heteroatoms. The summed E-state index contributed by atoms with van der Waals surface area (Å²) in [5.41, 5.74) is 4.39. The molecule has 3 aromatic carbocycles. The van der Waals surface area contributed by atoms with Crippen LogP contribution >= 0.6 is 0 Å². The Labute approximate surface area is 195 Å². The molecule has 0 fully saturated rings. The van der Waals surface area contributed by atoms with Gasteiger partial charge in [-0.2, -0.15) is 0 Å². The minimum Gasteiger partial charge on any atom is -0.378 e. The summed E-state index contributed by atoms with van der Waals surface area (Å²) in [6, 6.07) is 23.0. The molecule has 0 aliphatic carbocycles. The van der Waals surface area contributed by atoms with Crippen LogP contribution in [0.25, 0.3) is 16.7 Å². The smallest absolute Gasteiger partial charge is 0.262 e. The number of rotatable bonds is 4. The SMILES string of the molecule is Cn1c(=O)c2ccccc2n2c(CNc3ccc(C(=O)N4CCc5ccccc54)cc3)nnc12. The average molecular weight is 451 g/mol. The van der Waals surface area contributed by atoms with Crippen LogP contribution in [0.5, 0.6) is 0 Å². The summed E-state index contributed by atoms with van der Waals surface area (Å²) in [6.45, 7) is 1.12. The molecular formula is C26H22N6O2. The molecule has 6 rings (SSSR count). The molecule has 0 radical (unpaired) electrons. The van der Waals surface area contributed by atoms with Crippen LogP contribution in [0.2, 0.25) is 0 Å². The Bertz CT molecular complexity index is 1620. The summed E-state index contributed by atoms with van der Waals surface area (Å²) in [7, 11) is 1.70. The molecule has 0 atom stereocenters. The van der Waals surface area contributed by atoms with E-state index in [9.17, 15) is 9.59 Å². The molecule has 34 heavy (non-hydrogen) atoms. The number of aromatic nitrogens is 4. The van der Waals surface area contributed by atoms with Gasteiger partial charge in [0, 0.05) is 30.5 Å². The number of hydrogen-bond acceptors (Lipinski definition) is 5. The first kappa shape index (κ1) is 20.2. The number of hydrogen-bond donors (Lipinski definition) is 1. The van der Waals surface area contributed by atoms with Gasteiger partial charge in [-0.1, -0.05) is 30.3 Å². The molecule has 168 valence electrons. The molecule has 1 N–H and O–H groups in total. The van der Waals surface area contributed by atoms with E-state index in [1.54, 1.807) is 7.05 Å². The highest BCUT2D eigenvalue weighted by molar-refractivity contribution is 6.07. The fourth-order valence-electron chi connectivity index (χ4n) is 4.62. The van der Waals surface area contributed by atoms with E-state index in [-0.39, 0.29) is 11.5 Å². The molecule has 1 amide bonds. The minimum absolute atomic E-state index is 0.00679. The Morgan fingerprint density at radius 1 is 0.971 bits per heavy atom. The Balaban J connectivity index is 1.24. The highest BCUT2D eigenvalue weighted by Crippen LogP contribution is 2.29. The number of aryl methyl sites for hydroxylation is 1. The predicted octanol–water partition coefficient (Wildman–Crippen LogP) is 3.40. The van der Waals surface area contributed by atoms with E-state index >= 15 is 0 Å². The second-order valence-electron chi connectivity index (χ2n) is 8.40. The van der Waals surface area contributed by atoms with Crippen molar-refractivity contribution in [1.29, 1.82) is 0 Å². The summed E-state index contributed by atoms with van der Waals surface area (Å²) in [5, 5.41) is 12.5. The Hall–Kier alpha value is -4.46. The first-order valence-electron chi connectivity index (χ1n) is 11.2. The van der Waals surface area contributed by atoms with Gasteiger partial charge in [0.05, 0.1) is 17.4 Å². The van der Waals surface area contributed by atoms with E-state index in [4.69, 9.17) is 0 Å². The van der Waals surface area contributed by atoms with Crippen LogP contribution in [-0.2, 0) is 20.0 Å². The van der Waals surface area contributed by atoms with Crippen LogP contribution < -0.4 is 15.8 Å². The quantitative estimate of drug-likeness (QED) is 0.454. The number of nitrogens with one attached hydrogen (secondary N) is 1. The summed E-state index contributed by atoms with van der Waals surface area (Å²) in [4.78, 5) is 27.5. The van der Waals surface area contributed by atoms with Crippen molar-refractivity contribution < 1.29 is 4.79 Å². The van der Waals surface area contributed by atoms with Crippen molar-refractivity contribution in [3.8, 4) is 0 Å². The Kier molecular flexibility index (Phi) is 4.65. The molecular weight excluding hydrogens is 428 g/mol. The third kappa shape index (κ3) is 3.14. The van der Waals surface area contributed by atoms with Crippen molar-refractivity contribution in [2.45, 2.75) is 13.0 Å². The van der Waals surface area contributed by atoms with E-state index in [1.807, 2.05) is 76.0 Å². The van der Waals surface area contributed by atoms with Gasteiger partial charge < -0.3 is 10.2 Å². The molecule has 0 spiro atoms. The lowest BCUT2D eigenvalue weighted by molar-refractivity contribution is 0.0989. The summed E-state index contributed by atoms with van der Waals surface area (Å²) < 4.78 is 3.40. The van der Waals surface area contributed by atoms with Crippen molar-refractivity contribution in [3.05, 3.63) is 100 Å². The largest absolute Gasteiger partial charge is 0.378 e. The number of carbonyl (C=O) groups is 1. The molecule has 1 aliphatic heterocycles. The lowest BCUT2D eigenvalue weighted by Gasteiger charge is -2.17. The van der Waals surface area contributed by atoms with Gasteiger partial charge in [0.2, 0.25) is 5.78 Å². The van der Waals surface area contributed by atoms with E-state index in [2.05, 4.69) is 21.6 Å². The number of amides is 1. The van der Waals surface area contributed by atoms with Crippen molar-refractivity contribution in [2.75, 3.05) is 16.8 Å². The second kappa shape index (κ2) is 7.84. The first-order chi connectivity index (χ1) is 16.6. The monoisotopic (exact) mass is 450 g/mol. The maximum absolute atomic E-state index is 13.1. The summed E-state index contributed by atoms with van der Waals surface area (Å²) in [6.07, 6.45) is 0.883. The lowest BCUT2D eigenvalue weighted by atomic mass is 10.1. The van der Waals surface area contributed by atoms with Gasteiger partial charge in [-0.05, 0) is 54.4 Å². The van der Waals surface area contributed by atoms with Gasteiger partial charge >= 0.3 is 0 Å². The van der Waals surface area contributed by atoms with E-state index < -0.39 is 0 Å². The van der Waals surface area contributed by atoms with Gasteiger partial charge in [0.15, 0.2) is 5.82 Å². The van der Waals surface area contributed by atoms with Gasteiger partial charge in [0.25, 0.3) is 11.5 Å². The molecule has 0 bridgehead atoms. The molecule has 0 saturated carbocycles. The molecule has 8 nitrogen and oxygen atoms in total. The summed E-state index contributed by atoms with van der Waals surface area (Å²) in [5.74, 6) is 1.19. The maximum Gasteiger partial charge on any atom is 0.262 e. The third-order valence-corrected chi connectivity index (χ3v) is 6.41. The van der Waals surface area contributed by atoms with Crippen LogP contribution in [0.4, 0.5) is 11.4 Å². The minimum atomic E-state index is -0.101. The standard InChI is InChI=1S/C26H22N6O2/c1-30-25(34)20-7-3-5-9-22(20)32-23(28-29-26(30)32)16-27-19-12-10-18(11-13-19)24(33)31-15-14-17-6-2-4-8-21(17)31/h2-13,27H,14-16H2,1H3. The number of anilines is 2.